The monoisotopic (exact) mass is 410 g/mol. The number of esters is 1. The molecular weight excluding hydrogens is 392 g/mol. The summed E-state index contributed by atoms with van der Waals surface area (Å²) in [6.07, 6.45) is -0.199. The number of anilines is 1. The Kier molecular flexibility index (Phi) is 7.35. The van der Waals surface area contributed by atoms with E-state index in [0.29, 0.717) is 10.7 Å². The van der Waals surface area contributed by atoms with E-state index in [-0.39, 0.29) is 17.9 Å². The summed E-state index contributed by atoms with van der Waals surface area (Å²) in [6.45, 7) is -0.569. The average Bonchev–Trinajstić information content (AvgIpc) is 2.66. The number of benzene rings is 2. The molecular formula is C18H19ClN2O5S. The molecule has 0 fully saturated rings. The van der Waals surface area contributed by atoms with Gasteiger partial charge in [0, 0.05) is 24.3 Å². The van der Waals surface area contributed by atoms with Crippen molar-refractivity contribution in [3.05, 3.63) is 59.6 Å². The van der Waals surface area contributed by atoms with Gasteiger partial charge in [-0.25, -0.2) is 13.1 Å². The first-order valence-corrected chi connectivity index (χ1v) is 9.88. The number of nitrogens with one attached hydrogen (secondary N) is 1. The van der Waals surface area contributed by atoms with E-state index in [1.54, 1.807) is 31.3 Å². The van der Waals surface area contributed by atoms with Crippen LogP contribution in [0.2, 0.25) is 5.02 Å². The van der Waals surface area contributed by atoms with Crippen LogP contribution in [0.3, 0.4) is 0 Å². The average molecular weight is 411 g/mol. The summed E-state index contributed by atoms with van der Waals surface area (Å²) in [4.78, 5) is 25.2. The molecule has 0 radical (unpaired) electrons. The topological polar surface area (TPSA) is 92.8 Å². The Morgan fingerprint density at radius 1 is 1.07 bits per heavy atom. The number of likely N-dealkylation sites (N-methyl/N-ethyl adjacent to an activating group) is 1. The molecule has 7 nitrogen and oxygen atoms in total. The maximum Gasteiger partial charge on any atom is 0.307 e. The number of ether oxygens (including phenoxy) is 1. The van der Waals surface area contributed by atoms with Gasteiger partial charge in [0.25, 0.3) is 5.91 Å². The molecule has 0 aliphatic carbocycles. The van der Waals surface area contributed by atoms with Gasteiger partial charge >= 0.3 is 5.97 Å². The van der Waals surface area contributed by atoms with Crippen molar-refractivity contribution in [3.63, 3.8) is 0 Å². The number of sulfonamides is 1. The summed E-state index contributed by atoms with van der Waals surface area (Å²) >= 11 is 5.72. The molecule has 0 unspecified atom stereocenters. The SMILES string of the molecule is CN(C(=O)COC(=O)CCNS(=O)(=O)c1ccc(Cl)cc1)c1ccccc1. The highest BCUT2D eigenvalue weighted by atomic mass is 35.5. The van der Waals surface area contributed by atoms with Crippen LogP contribution in [-0.2, 0) is 24.3 Å². The highest BCUT2D eigenvalue weighted by Gasteiger charge is 2.16. The maximum atomic E-state index is 12.1. The molecule has 2 aromatic carbocycles. The van der Waals surface area contributed by atoms with Crippen molar-refractivity contribution in [2.45, 2.75) is 11.3 Å². The smallest absolute Gasteiger partial charge is 0.307 e. The second kappa shape index (κ2) is 9.50. The molecule has 2 aromatic rings. The summed E-state index contributed by atoms with van der Waals surface area (Å²) in [7, 11) is -2.17. The fourth-order valence-corrected chi connectivity index (χ4v) is 3.25. The van der Waals surface area contributed by atoms with E-state index >= 15 is 0 Å². The summed E-state index contributed by atoms with van der Waals surface area (Å²) in [5.74, 6) is -1.07. The van der Waals surface area contributed by atoms with Gasteiger partial charge in [0.2, 0.25) is 10.0 Å². The Morgan fingerprint density at radius 3 is 2.33 bits per heavy atom. The van der Waals surface area contributed by atoms with Crippen molar-refractivity contribution in [1.29, 1.82) is 0 Å². The van der Waals surface area contributed by atoms with Gasteiger partial charge in [-0.2, -0.15) is 0 Å². The van der Waals surface area contributed by atoms with Crippen molar-refractivity contribution in [3.8, 4) is 0 Å². The van der Waals surface area contributed by atoms with Crippen LogP contribution in [0.4, 0.5) is 5.69 Å². The minimum absolute atomic E-state index is 0.0416. The fourth-order valence-electron chi connectivity index (χ4n) is 2.09. The van der Waals surface area contributed by atoms with Crippen LogP contribution >= 0.6 is 11.6 Å². The Hall–Kier alpha value is -2.42. The zero-order valence-corrected chi connectivity index (χ0v) is 16.2. The molecule has 0 aliphatic heterocycles. The largest absolute Gasteiger partial charge is 0.456 e. The molecule has 0 aromatic heterocycles. The number of para-hydroxylation sites is 1. The summed E-state index contributed by atoms with van der Waals surface area (Å²) in [5, 5.41) is 0.419. The second-order valence-electron chi connectivity index (χ2n) is 5.55. The zero-order chi connectivity index (χ0) is 19.9. The lowest BCUT2D eigenvalue weighted by Gasteiger charge is -2.17. The zero-order valence-electron chi connectivity index (χ0n) is 14.6. The van der Waals surface area contributed by atoms with Crippen molar-refractivity contribution < 1.29 is 22.7 Å². The van der Waals surface area contributed by atoms with Gasteiger partial charge in [-0.15, -0.1) is 0 Å². The molecule has 0 atom stereocenters. The summed E-state index contributed by atoms with van der Waals surface area (Å²) < 4.78 is 31.3. The molecule has 0 heterocycles. The van der Waals surface area contributed by atoms with E-state index in [2.05, 4.69) is 4.72 Å². The van der Waals surface area contributed by atoms with Gasteiger partial charge in [0.15, 0.2) is 6.61 Å². The van der Waals surface area contributed by atoms with E-state index in [1.165, 1.54) is 29.2 Å². The normalized spacial score (nSPS) is 11.0. The van der Waals surface area contributed by atoms with Crippen LogP contribution in [0.5, 0.6) is 0 Å². The van der Waals surface area contributed by atoms with E-state index in [1.807, 2.05) is 6.07 Å². The van der Waals surface area contributed by atoms with Crippen LogP contribution in [-0.4, -0.2) is 40.5 Å². The van der Waals surface area contributed by atoms with Gasteiger partial charge in [0.1, 0.15) is 0 Å². The van der Waals surface area contributed by atoms with Crippen molar-refractivity contribution >= 4 is 39.2 Å². The van der Waals surface area contributed by atoms with Gasteiger partial charge in [-0.3, -0.25) is 9.59 Å². The van der Waals surface area contributed by atoms with E-state index in [4.69, 9.17) is 16.3 Å². The number of amides is 1. The highest BCUT2D eigenvalue weighted by molar-refractivity contribution is 7.89. The quantitative estimate of drug-likeness (QED) is 0.673. The third-order valence-electron chi connectivity index (χ3n) is 3.62. The number of hydrogen-bond acceptors (Lipinski definition) is 5. The van der Waals surface area contributed by atoms with Gasteiger partial charge in [0.05, 0.1) is 11.3 Å². The number of carbonyl (C=O) groups is 2. The third kappa shape index (κ3) is 6.35. The number of halogens is 1. The highest BCUT2D eigenvalue weighted by Crippen LogP contribution is 2.14. The van der Waals surface area contributed by atoms with Crippen LogP contribution in [0.1, 0.15) is 6.42 Å². The summed E-state index contributed by atoms with van der Waals surface area (Å²) in [5.41, 5.74) is 0.675. The van der Waals surface area contributed by atoms with Crippen LogP contribution in [0, 0.1) is 0 Å². The van der Waals surface area contributed by atoms with Crippen LogP contribution in [0.15, 0.2) is 59.5 Å². The van der Waals surface area contributed by atoms with Gasteiger partial charge in [-0.05, 0) is 36.4 Å². The van der Waals surface area contributed by atoms with Crippen molar-refractivity contribution in [2.24, 2.45) is 0 Å². The Bertz CT molecular complexity index is 886. The number of hydrogen-bond donors (Lipinski definition) is 1. The first-order chi connectivity index (χ1) is 12.8. The Morgan fingerprint density at radius 2 is 1.70 bits per heavy atom. The lowest BCUT2D eigenvalue weighted by Crippen LogP contribution is -2.32. The molecule has 144 valence electrons. The molecule has 1 N–H and O–H groups in total. The first-order valence-electron chi connectivity index (χ1n) is 8.02. The molecule has 0 aliphatic rings. The summed E-state index contributed by atoms with van der Waals surface area (Å²) in [6, 6.07) is 14.6. The molecule has 1 amide bonds. The van der Waals surface area contributed by atoms with E-state index in [0.717, 1.165) is 0 Å². The standard InChI is InChI=1S/C18H19ClN2O5S/c1-21(15-5-3-2-4-6-15)17(22)13-26-18(23)11-12-20-27(24,25)16-9-7-14(19)8-10-16/h2-10,20H,11-13H2,1H3. The molecule has 2 rings (SSSR count). The van der Waals surface area contributed by atoms with Crippen LogP contribution in [0.25, 0.3) is 0 Å². The number of carbonyl (C=O) groups excluding carboxylic acids is 2. The van der Waals surface area contributed by atoms with Crippen molar-refractivity contribution in [2.75, 3.05) is 25.1 Å². The Balaban J connectivity index is 1.76. The molecule has 27 heavy (non-hydrogen) atoms. The predicted molar refractivity (Wildman–Crippen MR) is 102 cm³/mol. The lowest BCUT2D eigenvalue weighted by atomic mass is 10.3. The minimum Gasteiger partial charge on any atom is -0.456 e. The van der Waals surface area contributed by atoms with Gasteiger partial charge in [-0.1, -0.05) is 29.8 Å². The number of rotatable bonds is 8. The molecule has 0 spiro atoms. The van der Waals surface area contributed by atoms with Crippen LogP contribution < -0.4 is 9.62 Å². The first kappa shape index (κ1) is 20.9. The van der Waals surface area contributed by atoms with Gasteiger partial charge < -0.3 is 9.64 Å². The Labute approximate surface area is 162 Å². The molecule has 0 saturated carbocycles. The molecule has 9 heteroatoms. The fraction of sp³-hybridized carbons (Fsp3) is 0.222. The minimum atomic E-state index is -3.75. The molecule has 0 saturated heterocycles. The number of nitrogens with zero attached hydrogens (tertiary/aromatic N) is 1. The van der Waals surface area contributed by atoms with E-state index < -0.39 is 28.5 Å². The van der Waals surface area contributed by atoms with E-state index in [9.17, 15) is 18.0 Å². The molecule has 0 bridgehead atoms. The maximum absolute atomic E-state index is 12.1. The van der Waals surface area contributed by atoms with Crippen molar-refractivity contribution in [1.82, 2.24) is 4.72 Å². The predicted octanol–water partition coefficient (Wildman–Crippen LogP) is 2.21. The third-order valence-corrected chi connectivity index (χ3v) is 5.35. The second-order valence-corrected chi connectivity index (χ2v) is 7.75. The lowest BCUT2D eigenvalue weighted by molar-refractivity contribution is -0.147.